The molecule has 3 nitrogen and oxygen atoms in total. The highest BCUT2D eigenvalue weighted by molar-refractivity contribution is 5.78. The van der Waals surface area contributed by atoms with E-state index in [1.165, 1.54) is 6.07 Å². The van der Waals surface area contributed by atoms with Crippen LogP contribution in [0.15, 0.2) is 12.1 Å². The van der Waals surface area contributed by atoms with Crippen LogP contribution in [0.4, 0.5) is 10.1 Å². The number of hydrogen-bond donors (Lipinski definition) is 0. The number of anilines is 1. The summed E-state index contributed by atoms with van der Waals surface area (Å²) < 4.78 is 13.7. The van der Waals surface area contributed by atoms with Crippen molar-refractivity contribution in [1.29, 1.82) is 5.26 Å². The fourth-order valence-electron chi connectivity index (χ4n) is 1.61. The maximum Gasteiger partial charge on any atom is 0.153 e. The Morgan fingerprint density at radius 1 is 1.44 bits per heavy atom. The summed E-state index contributed by atoms with van der Waals surface area (Å²) in [4.78, 5) is 12.4. The third-order valence-corrected chi connectivity index (χ3v) is 2.49. The van der Waals surface area contributed by atoms with E-state index in [9.17, 15) is 9.18 Å². The van der Waals surface area contributed by atoms with Gasteiger partial charge in [-0.1, -0.05) is 0 Å². The Balaban J connectivity index is 3.37. The maximum atomic E-state index is 13.7. The van der Waals surface area contributed by atoms with Gasteiger partial charge in [0.15, 0.2) is 12.1 Å². The molecule has 0 bridgehead atoms. The third-order valence-electron chi connectivity index (χ3n) is 2.49. The fourth-order valence-corrected chi connectivity index (χ4v) is 1.61. The number of carbonyl (C=O) groups is 1. The average Bonchev–Trinajstić information content (AvgIpc) is 2.31. The molecule has 0 amide bonds. The Bertz CT molecular complexity index is 433. The molecular weight excluding hydrogens is 207 g/mol. The van der Waals surface area contributed by atoms with E-state index in [4.69, 9.17) is 5.26 Å². The molecule has 0 spiro atoms. The van der Waals surface area contributed by atoms with Crippen molar-refractivity contribution in [2.24, 2.45) is 0 Å². The van der Waals surface area contributed by atoms with Crippen LogP contribution in [0.5, 0.6) is 0 Å². The third kappa shape index (κ3) is 2.03. The van der Waals surface area contributed by atoms with E-state index in [0.29, 0.717) is 25.1 Å². The molecule has 1 aromatic carbocycles. The standard InChI is InChI=1S/C12H13FN2O/c1-3-15(4-2)11-6-5-9(8-16)12(13)10(11)7-14/h5-6,8H,3-4H2,1-2H3. The lowest BCUT2D eigenvalue weighted by Gasteiger charge is -2.22. The Morgan fingerprint density at radius 2 is 2.06 bits per heavy atom. The quantitative estimate of drug-likeness (QED) is 0.731. The minimum atomic E-state index is -0.734. The Hall–Kier alpha value is -1.89. The predicted molar refractivity (Wildman–Crippen MR) is 60.1 cm³/mol. The normalized spacial score (nSPS) is 9.62. The van der Waals surface area contributed by atoms with Crippen LogP contribution in [0.2, 0.25) is 0 Å². The topological polar surface area (TPSA) is 44.1 Å². The van der Waals surface area contributed by atoms with E-state index in [2.05, 4.69) is 0 Å². The van der Waals surface area contributed by atoms with Gasteiger partial charge in [-0.15, -0.1) is 0 Å². The molecule has 0 aliphatic carbocycles. The van der Waals surface area contributed by atoms with Crippen molar-refractivity contribution in [2.45, 2.75) is 13.8 Å². The summed E-state index contributed by atoms with van der Waals surface area (Å²) in [7, 11) is 0. The second-order valence-electron chi connectivity index (χ2n) is 3.26. The van der Waals surface area contributed by atoms with Crippen LogP contribution >= 0.6 is 0 Å². The monoisotopic (exact) mass is 220 g/mol. The molecule has 16 heavy (non-hydrogen) atoms. The van der Waals surface area contributed by atoms with E-state index < -0.39 is 5.82 Å². The van der Waals surface area contributed by atoms with Crippen LogP contribution in [0.1, 0.15) is 29.8 Å². The first-order valence-electron chi connectivity index (χ1n) is 5.12. The zero-order chi connectivity index (χ0) is 12.1. The molecule has 0 atom stereocenters. The van der Waals surface area contributed by atoms with Crippen molar-refractivity contribution in [3.8, 4) is 6.07 Å². The van der Waals surface area contributed by atoms with Crippen molar-refractivity contribution in [2.75, 3.05) is 18.0 Å². The first kappa shape index (κ1) is 12.2. The second kappa shape index (κ2) is 5.26. The molecule has 0 unspecified atom stereocenters. The fraction of sp³-hybridized carbons (Fsp3) is 0.333. The number of carbonyl (C=O) groups excluding carboxylic acids is 1. The SMILES string of the molecule is CCN(CC)c1ccc(C=O)c(F)c1C#N. The Labute approximate surface area is 94.1 Å². The van der Waals surface area contributed by atoms with Gasteiger partial charge in [0.25, 0.3) is 0 Å². The molecule has 0 aliphatic heterocycles. The van der Waals surface area contributed by atoms with Gasteiger partial charge in [-0.25, -0.2) is 4.39 Å². The highest BCUT2D eigenvalue weighted by atomic mass is 19.1. The van der Waals surface area contributed by atoms with E-state index in [1.807, 2.05) is 24.8 Å². The lowest BCUT2D eigenvalue weighted by Crippen LogP contribution is -2.23. The lowest BCUT2D eigenvalue weighted by molar-refractivity contribution is 0.112. The summed E-state index contributed by atoms with van der Waals surface area (Å²) in [6, 6.07) is 4.82. The van der Waals surface area contributed by atoms with Crippen molar-refractivity contribution in [3.05, 3.63) is 29.1 Å². The van der Waals surface area contributed by atoms with Crippen LogP contribution in [0.25, 0.3) is 0 Å². The molecule has 0 radical (unpaired) electrons. The van der Waals surface area contributed by atoms with E-state index in [1.54, 1.807) is 6.07 Å². The molecule has 1 rings (SSSR count). The van der Waals surface area contributed by atoms with E-state index >= 15 is 0 Å². The van der Waals surface area contributed by atoms with Crippen molar-refractivity contribution < 1.29 is 9.18 Å². The molecule has 84 valence electrons. The minimum Gasteiger partial charge on any atom is -0.371 e. The molecule has 0 saturated heterocycles. The molecule has 0 saturated carbocycles. The number of benzene rings is 1. The first-order chi connectivity index (χ1) is 7.69. The molecule has 0 aromatic heterocycles. The van der Waals surface area contributed by atoms with Crippen LogP contribution in [-0.4, -0.2) is 19.4 Å². The summed E-state index contributed by atoms with van der Waals surface area (Å²) >= 11 is 0. The van der Waals surface area contributed by atoms with Gasteiger partial charge in [-0.2, -0.15) is 5.26 Å². The highest BCUT2D eigenvalue weighted by Crippen LogP contribution is 2.24. The zero-order valence-corrected chi connectivity index (χ0v) is 9.33. The first-order valence-corrected chi connectivity index (χ1v) is 5.12. The van der Waals surface area contributed by atoms with Crippen LogP contribution in [0.3, 0.4) is 0 Å². The van der Waals surface area contributed by atoms with Gasteiger partial charge in [0.05, 0.1) is 11.3 Å². The number of rotatable bonds is 4. The highest BCUT2D eigenvalue weighted by Gasteiger charge is 2.15. The average molecular weight is 220 g/mol. The van der Waals surface area contributed by atoms with Crippen molar-refractivity contribution in [3.63, 3.8) is 0 Å². The van der Waals surface area contributed by atoms with Crippen LogP contribution in [-0.2, 0) is 0 Å². The second-order valence-corrected chi connectivity index (χ2v) is 3.26. The smallest absolute Gasteiger partial charge is 0.153 e. The van der Waals surface area contributed by atoms with E-state index in [0.717, 1.165) is 0 Å². The number of aldehydes is 1. The minimum absolute atomic E-state index is 0.0618. The van der Waals surface area contributed by atoms with Crippen molar-refractivity contribution >= 4 is 12.0 Å². The molecule has 0 aliphatic rings. The van der Waals surface area contributed by atoms with Crippen LogP contribution < -0.4 is 4.90 Å². The molecule has 0 fully saturated rings. The van der Waals surface area contributed by atoms with Gasteiger partial charge < -0.3 is 4.90 Å². The van der Waals surface area contributed by atoms with Gasteiger partial charge in [-0.05, 0) is 26.0 Å². The predicted octanol–water partition coefficient (Wildman–Crippen LogP) is 2.36. The van der Waals surface area contributed by atoms with Gasteiger partial charge in [0.2, 0.25) is 0 Å². The largest absolute Gasteiger partial charge is 0.371 e. The summed E-state index contributed by atoms with van der Waals surface area (Å²) in [5, 5.41) is 8.93. The van der Waals surface area contributed by atoms with Gasteiger partial charge in [0.1, 0.15) is 11.6 Å². The molecule has 4 heteroatoms. The number of hydrogen-bond acceptors (Lipinski definition) is 3. The van der Waals surface area contributed by atoms with Gasteiger partial charge in [-0.3, -0.25) is 4.79 Å². The summed E-state index contributed by atoms with van der Waals surface area (Å²) in [6.07, 6.45) is 0.419. The summed E-state index contributed by atoms with van der Waals surface area (Å²) in [5.74, 6) is -0.734. The summed E-state index contributed by atoms with van der Waals surface area (Å²) in [6.45, 7) is 5.22. The van der Waals surface area contributed by atoms with Gasteiger partial charge in [0, 0.05) is 13.1 Å². The lowest BCUT2D eigenvalue weighted by atomic mass is 10.1. The Kier molecular flexibility index (Phi) is 4.01. The molecule has 1 aromatic rings. The summed E-state index contributed by atoms with van der Waals surface area (Å²) in [5.41, 5.74) is 0.399. The maximum absolute atomic E-state index is 13.7. The molecule has 0 heterocycles. The molecular formula is C12H13FN2O. The van der Waals surface area contributed by atoms with Crippen molar-refractivity contribution in [1.82, 2.24) is 0 Å². The number of nitrogens with zero attached hydrogens (tertiary/aromatic N) is 2. The zero-order valence-electron chi connectivity index (χ0n) is 9.33. The van der Waals surface area contributed by atoms with Gasteiger partial charge >= 0.3 is 0 Å². The Morgan fingerprint density at radius 3 is 2.50 bits per heavy atom. The number of nitriles is 1. The van der Waals surface area contributed by atoms with Crippen LogP contribution in [0, 0.1) is 17.1 Å². The molecule has 0 N–H and O–H groups in total. The number of halogens is 1. The van der Waals surface area contributed by atoms with E-state index in [-0.39, 0.29) is 11.1 Å².